The molecule has 0 amide bonds. The average molecular weight is 351 g/mol. The Balaban J connectivity index is 2.43. The van der Waals surface area contributed by atoms with Gasteiger partial charge in [0.1, 0.15) is 0 Å². The number of aryl methyl sites for hydroxylation is 1. The fourth-order valence-electron chi connectivity index (χ4n) is 1.69. The predicted octanol–water partition coefficient (Wildman–Crippen LogP) is 5.17. The lowest BCUT2D eigenvalue weighted by atomic mass is 10.0. The molecule has 0 aliphatic carbocycles. The molecule has 90 valence electrons. The fourth-order valence-corrected chi connectivity index (χ4v) is 3.86. The maximum Gasteiger partial charge on any atom is 0.0995 e. The molecule has 0 fully saturated rings. The van der Waals surface area contributed by atoms with Gasteiger partial charge in [-0.15, -0.1) is 11.3 Å². The summed E-state index contributed by atoms with van der Waals surface area (Å²) >= 11 is 16.8. The molecule has 0 saturated carbocycles. The van der Waals surface area contributed by atoms with E-state index < -0.39 is 0 Å². The third-order valence-electron chi connectivity index (χ3n) is 2.44. The summed E-state index contributed by atoms with van der Waals surface area (Å²) in [7, 11) is 0. The van der Waals surface area contributed by atoms with Crippen molar-refractivity contribution >= 4 is 50.5 Å². The molecule has 5 heteroatoms. The lowest BCUT2D eigenvalue weighted by Crippen LogP contribution is -2.11. The average Bonchev–Trinajstić information content (AvgIpc) is 2.55. The highest BCUT2D eigenvalue weighted by Gasteiger charge is 2.16. The smallest absolute Gasteiger partial charge is 0.0995 e. The highest BCUT2D eigenvalue weighted by atomic mass is 79.9. The van der Waals surface area contributed by atoms with Gasteiger partial charge in [0.2, 0.25) is 0 Å². The van der Waals surface area contributed by atoms with Crippen molar-refractivity contribution in [1.82, 2.24) is 0 Å². The van der Waals surface area contributed by atoms with Crippen molar-refractivity contribution in [3.8, 4) is 0 Å². The van der Waals surface area contributed by atoms with Gasteiger partial charge in [0.25, 0.3) is 0 Å². The van der Waals surface area contributed by atoms with Crippen LogP contribution >= 0.6 is 50.5 Å². The molecule has 1 unspecified atom stereocenters. The quantitative estimate of drug-likeness (QED) is 0.793. The van der Waals surface area contributed by atoms with E-state index in [4.69, 9.17) is 28.9 Å². The summed E-state index contributed by atoms with van der Waals surface area (Å²) in [6.45, 7) is 2.03. The molecule has 0 saturated heterocycles. The van der Waals surface area contributed by atoms with E-state index in [1.54, 1.807) is 0 Å². The Morgan fingerprint density at radius 2 is 1.94 bits per heavy atom. The molecule has 0 radical (unpaired) electrons. The van der Waals surface area contributed by atoms with E-state index in [0.717, 1.165) is 21.2 Å². The Labute approximate surface area is 123 Å². The fraction of sp³-hybridized carbons (Fsp3) is 0.167. The Hall–Kier alpha value is -0.0600. The summed E-state index contributed by atoms with van der Waals surface area (Å²) in [6, 6.07) is 7.67. The molecule has 0 spiro atoms. The van der Waals surface area contributed by atoms with Gasteiger partial charge in [0.05, 0.1) is 14.7 Å². The summed E-state index contributed by atoms with van der Waals surface area (Å²) < 4.78 is 2.33. The Morgan fingerprint density at radius 3 is 2.47 bits per heavy atom. The van der Waals surface area contributed by atoms with Crippen LogP contribution in [0.4, 0.5) is 0 Å². The zero-order chi connectivity index (χ0) is 12.6. The minimum absolute atomic E-state index is 0.248. The number of halogens is 3. The lowest BCUT2D eigenvalue weighted by molar-refractivity contribution is 0.874. The van der Waals surface area contributed by atoms with Crippen molar-refractivity contribution in [1.29, 1.82) is 0 Å². The molecule has 1 heterocycles. The van der Waals surface area contributed by atoms with Gasteiger partial charge in [0, 0.05) is 10.0 Å². The van der Waals surface area contributed by atoms with Crippen molar-refractivity contribution < 1.29 is 0 Å². The highest BCUT2D eigenvalue weighted by molar-refractivity contribution is 9.10. The van der Waals surface area contributed by atoms with Crippen LogP contribution in [0.2, 0.25) is 8.67 Å². The van der Waals surface area contributed by atoms with Crippen LogP contribution in [0.25, 0.3) is 0 Å². The van der Waals surface area contributed by atoms with Gasteiger partial charge in [0.15, 0.2) is 0 Å². The van der Waals surface area contributed by atoms with Gasteiger partial charge in [-0.1, -0.05) is 45.2 Å². The predicted molar refractivity (Wildman–Crippen MR) is 79.2 cm³/mol. The third-order valence-corrected chi connectivity index (χ3v) is 4.42. The maximum atomic E-state index is 6.21. The van der Waals surface area contributed by atoms with Crippen LogP contribution in [0.15, 0.2) is 28.7 Å². The molecule has 1 aromatic heterocycles. The van der Waals surface area contributed by atoms with E-state index in [1.165, 1.54) is 11.3 Å². The first kappa shape index (κ1) is 13.4. The van der Waals surface area contributed by atoms with E-state index >= 15 is 0 Å². The molecule has 2 aromatic rings. The summed E-state index contributed by atoms with van der Waals surface area (Å²) in [4.78, 5) is 0. The first-order valence-electron chi connectivity index (χ1n) is 4.95. The largest absolute Gasteiger partial charge is 0.320 e. The van der Waals surface area contributed by atoms with Crippen molar-refractivity contribution in [2.75, 3.05) is 0 Å². The van der Waals surface area contributed by atoms with Gasteiger partial charge >= 0.3 is 0 Å². The van der Waals surface area contributed by atoms with Crippen LogP contribution in [-0.4, -0.2) is 0 Å². The van der Waals surface area contributed by atoms with Crippen molar-refractivity contribution in [3.63, 3.8) is 0 Å². The Morgan fingerprint density at radius 1 is 1.24 bits per heavy atom. The van der Waals surface area contributed by atoms with Crippen LogP contribution in [0, 0.1) is 6.92 Å². The summed E-state index contributed by atoms with van der Waals surface area (Å²) in [6.07, 6.45) is 0. The Kier molecular flexibility index (Phi) is 4.16. The van der Waals surface area contributed by atoms with E-state index in [0.29, 0.717) is 8.67 Å². The van der Waals surface area contributed by atoms with Crippen LogP contribution in [0.3, 0.4) is 0 Å². The van der Waals surface area contributed by atoms with E-state index in [-0.39, 0.29) is 6.04 Å². The van der Waals surface area contributed by atoms with Gasteiger partial charge < -0.3 is 5.73 Å². The summed E-state index contributed by atoms with van der Waals surface area (Å²) in [5.41, 5.74) is 9.26. The SMILES string of the molecule is Cc1cc(Br)cc(C(N)c2cc(Cl)sc2Cl)c1. The van der Waals surface area contributed by atoms with Crippen molar-refractivity contribution in [2.24, 2.45) is 5.73 Å². The van der Waals surface area contributed by atoms with E-state index in [2.05, 4.69) is 22.0 Å². The summed E-state index contributed by atoms with van der Waals surface area (Å²) in [5, 5.41) is 0. The molecule has 1 nitrogen and oxygen atoms in total. The van der Waals surface area contributed by atoms with Gasteiger partial charge in [-0.3, -0.25) is 0 Å². The molecular formula is C12H10BrCl2NS. The molecule has 2 N–H and O–H groups in total. The number of hydrogen-bond acceptors (Lipinski definition) is 2. The number of rotatable bonds is 2. The van der Waals surface area contributed by atoms with E-state index in [1.807, 2.05) is 25.1 Å². The third kappa shape index (κ3) is 3.04. The van der Waals surface area contributed by atoms with Crippen molar-refractivity contribution in [2.45, 2.75) is 13.0 Å². The molecule has 1 aromatic carbocycles. The molecule has 0 aliphatic heterocycles. The number of thiophene rings is 1. The maximum absolute atomic E-state index is 6.21. The first-order chi connectivity index (χ1) is 7.97. The van der Waals surface area contributed by atoms with Crippen LogP contribution in [0.1, 0.15) is 22.7 Å². The molecule has 0 bridgehead atoms. The van der Waals surface area contributed by atoms with Crippen LogP contribution in [0.5, 0.6) is 0 Å². The zero-order valence-corrected chi connectivity index (χ0v) is 12.9. The molecular weight excluding hydrogens is 341 g/mol. The number of nitrogens with two attached hydrogens (primary N) is 1. The van der Waals surface area contributed by atoms with E-state index in [9.17, 15) is 0 Å². The Bertz CT molecular complexity index is 533. The monoisotopic (exact) mass is 349 g/mol. The van der Waals surface area contributed by atoms with Gasteiger partial charge in [-0.2, -0.15) is 0 Å². The topological polar surface area (TPSA) is 26.0 Å². The lowest BCUT2D eigenvalue weighted by Gasteiger charge is -2.12. The molecule has 1 atom stereocenters. The van der Waals surface area contributed by atoms with Gasteiger partial charge in [-0.25, -0.2) is 0 Å². The molecule has 0 aliphatic rings. The molecule has 17 heavy (non-hydrogen) atoms. The second-order valence-electron chi connectivity index (χ2n) is 3.82. The standard InChI is InChI=1S/C12H10BrCl2NS/c1-6-2-7(4-8(13)3-6)11(16)9-5-10(14)17-12(9)15/h2-5,11H,16H2,1H3. The highest BCUT2D eigenvalue weighted by Crippen LogP contribution is 2.37. The van der Waals surface area contributed by atoms with Crippen LogP contribution in [-0.2, 0) is 0 Å². The number of benzene rings is 1. The molecule has 2 rings (SSSR count). The van der Waals surface area contributed by atoms with Crippen molar-refractivity contribution in [3.05, 3.63) is 54.1 Å². The van der Waals surface area contributed by atoms with Gasteiger partial charge in [-0.05, 0) is 36.2 Å². The second-order valence-corrected chi connectivity index (χ2v) is 7.02. The second kappa shape index (κ2) is 5.29. The zero-order valence-electron chi connectivity index (χ0n) is 9.01. The first-order valence-corrected chi connectivity index (χ1v) is 7.31. The van der Waals surface area contributed by atoms with Crippen LogP contribution < -0.4 is 5.73 Å². The minimum atomic E-state index is -0.248. The normalized spacial score (nSPS) is 12.8. The minimum Gasteiger partial charge on any atom is -0.320 e. The number of hydrogen-bond donors (Lipinski definition) is 1. The summed E-state index contributed by atoms with van der Waals surface area (Å²) in [5.74, 6) is 0.